The zero-order valence-electron chi connectivity index (χ0n) is 15.9. The Hall–Kier alpha value is -2.49. The summed E-state index contributed by atoms with van der Waals surface area (Å²) in [5.74, 6) is 0. The minimum Gasteiger partial charge on any atom is -0.372 e. The number of hydrogen-bond acceptors (Lipinski definition) is 5. The molecule has 0 saturated carbocycles. The van der Waals surface area contributed by atoms with Crippen LogP contribution in [0.5, 0.6) is 0 Å². The van der Waals surface area contributed by atoms with Crippen LogP contribution in [0.2, 0.25) is 5.02 Å². The first-order valence-corrected chi connectivity index (χ1v) is 10.9. The lowest BCUT2D eigenvalue weighted by Gasteiger charge is -2.35. The summed E-state index contributed by atoms with van der Waals surface area (Å²) in [7, 11) is -3.83. The zero-order chi connectivity index (χ0) is 20.3. The van der Waals surface area contributed by atoms with Crippen LogP contribution in [0.1, 0.15) is 11.1 Å². The van der Waals surface area contributed by atoms with Crippen molar-refractivity contribution in [1.82, 2.24) is 4.90 Å². The summed E-state index contributed by atoms with van der Waals surface area (Å²) in [5.41, 5.74) is 2.94. The fourth-order valence-corrected chi connectivity index (χ4v) is 4.54. The number of nitrogens with zero attached hydrogens (tertiary/aromatic N) is 3. The smallest absolute Gasteiger partial charge is 0.218 e. The summed E-state index contributed by atoms with van der Waals surface area (Å²) in [4.78, 5) is 4.01. The summed E-state index contributed by atoms with van der Waals surface area (Å²) >= 11 is 6.06. The van der Waals surface area contributed by atoms with Gasteiger partial charge in [0.25, 0.3) is 0 Å². The number of nitriles is 1. The van der Waals surface area contributed by atoms with Crippen LogP contribution in [0, 0.1) is 25.2 Å². The second-order valence-corrected chi connectivity index (χ2v) is 9.21. The third-order valence-electron chi connectivity index (χ3n) is 4.98. The van der Waals surface area contributed by atoms with Crippen LogP contribution < -0.4 is 4.90 Å². The lowest BCUT2D eigenvalue weighted by atomic mass is 10.1. The van der Waals surface area contributed by atoms with Gasteiger partial charge in [-0.25, -0.2) is 8.42 Å². The molecule has 0 bridgehead atoms. The molecule has 0 atom stereocenters. The standard InChI is InChI=1S/C21H22ClN3O2S/c1-16-6-7-20(12-17(16)2)28(26,27)21(14-23)15-24-8-10-25(11-9-24)19-5-3-4-18(22)13-19/h3-7,12-13,15H,8-11H2,1-2H3. The highest BCUT2D eigenvalue weighted by molar-refractivity contribution is 7.95. The Morgan fingerprint density at radius 2 is 1.79 bits per heavy atom. The van der Waals surface area contributed by atoms with Gasteiger partial charge in [-0.1, -0.05) is 23.7 Å². The molecular weight excluding hydrogens is 394 g/mol. The van der Waals surface area contributed by atoms with Crippen LogP contribution in [0.25, 0.3) is 0 Å². The van der Waals surface area contributed by atoms with E-state index in [4.69, 9.17) is 11.6 Å². The Morgan fingerprint density at radius 1 is 1.07 bits per heavy atom. The van der Waals surface area contributed by atoms with Gasteiger partial charge in [0.1, 0.15) is 6.07 Å². The highest BCUT2D eigenvalue weighted by Gasteiger charge is 2.24. The Bertz CT molecular complexity index is 1050. The van der Waals surface area contributed by atoms with Crippen molar-refractivity contribution in [3.05, 3.63) is 69.7 Å². The van der Waals surface area contributed by atoms with Gasteiger partial charge in [-0.2, -0.15) is 5.26 Å². The number of allylic oxidation sites excluding steroid dienone is 1. The van der Waals surface area contributed by atoms with Crippen molar-refractivity contribution < 1.29 is 8.42 Å². The van der Waals surface area contributed by atoms with Gasteiger partial charge in [-0.05, 0) is 55.3 Å². The Balaban J connectivity index is 1.76. The highest BCUT2D eigenvalue weighted by Crippen LogP contribution is 2.24. The van der Waals surface area contributed by atoms with Gasteiger partial charge in [0, 0.05) is 43.1 Å². The normalized spacial score (nSPS) is 15.4. The molecule has 5 nitrogen and oxygen atoms in total. The summed E-state index contributed by atoms with van der Waals surface area (Å²) in [6.45, 7) is 6.48. The number of benzene rings is 2. The van der Waals surface area contributed by atoms with Crippen molar-refractivity contribution >= 4 is 27.1 Å². The first-order valence-electron chi connectivity index (χ1n) is 9.00. The topological polar surface area (TPSA) is 64.4 Å². The number of halogens is 1. The van der Waals surface area contributed by atoms with Gasteiger partial charge in [-0.15, -0.1) is 0 Å². The number of piperazine rings is 1. The van der Waals surface area contributed by atoms with Crippen molar-refractivity contribution in [2.24, 2.45) is 0 Å². The molecule has 0 radical (unpaired) electrons. The molecule has 0 unspecified atom stereocenters. The second-order valence-electron chi connectivity index (χ2n) is 6.86. The zero-order valence-corrected chi connectivity index (χ0v) is 17.5. The molecule has 1 fully saturated rings. The molecular formula is C21H22ClN3O2S. The van der Waals surface area contributed by atoms with E-state index in [-0.39, 0.29) is 9.80 Å². The minimum atomic E-state index is -3.83. The quantitative estimate of drug-likeness (QED) is 0.708. The number of anilines is 1. The molecule has 146 valence electrons. The Labute approximate surface area is 171 Å². The van der Waals surface area contributed by atoms with Gasteiger partial charge in [0.15, 0.2) is 4.91 Å². The van der Waals surface area contributed by atoms with Crippen molar-refractivity contribution in [3.63, 3.8) is 0 Å². The molecule has 0 aliphatic carbocycles. The van der Waals surface area contributed by atoms with E-state index >= 15 is 0 Å². The van der Waals surface area contributed by atoms with Crippen LogP contribution in [0.15, 0.2) is 58.5 Å². The number of sulfone groups is 1. The molecule has 28 heavy (non-hydrogen) atoms. The van der Waals surface area contributed by atoms with E-state index in [0.717, 1.165) is 29.9 Å². The Kier molecular flexibility index (Phi) is 5.97. The highest BCUT2D eigenvalue weighted by atomic mass is 35.5. The molecule has 0 amide bonds. The summed E-state index contributed by atoms with van der Waals surface area (Å²) in [6, 6.07) is 14.5. The van der Waals surface area contributed by atoms with Crippen molar-refractivity contribution in [3.8, 4) is 6.07 Å². The summed E-state index contributed by atoms with van der Waals surface area (Å²) in [6.07, 6.45) is 1.47. The third kappa shape index (κ3) is 4.32. The van der Waals surface area contributed by atoms with Crippen LogP contribution in [-0.4, -0.2) is 39.5 Å². The number of hydrogen-bond donors (Lipinski definition) is 0. The van der Waals surface area contributed by atoms with E-state index in [1.807, 2.05) is 49.1 Å². The van der Waals surface area contributed by atoms with Crippen molar-refractivity contribution in [1.29, 1.82) is 5.26 Å². The minimum absolute atomic E-state index is 0.154. The van der Waals surface area contributed by atoms with Crippen LogP contribution in [-0.2, 0) is 9.84 Å². The summed E-state index contributed by atoms with van der Waals surface area (Å²) in [5, 5.41) is 10.2. The molecule has 3 rings (SSSR count). The third-order valence-corrected chi connectivity index (χ3v) is 6.86. The molecule has 1 heterocycles. The van der Waals surface area contributed by atoms with E-state index in [1.54, 1.807) is 18.2 Å². The van der Waals surface area contributed by atoms with Gasteiger partial charge >= 0.3 is 0 Å². The molecule has 0 aromatic heterocycles. The maximum absolute atomic E-state index is 12.9. The van der Waals surface area contributed by atoms with Crippen molar-refractivity contribution in [2.75, 3.05) is 31.1 Å². The van der Waals surface area contributed by atoms with Crippen LogP contribution in [0.3, 0.4) is 0 Å². The number of aryl methyl sites for hydroxylation is 2. The van der Waals surface area contributed by atoms with Crippen LogP contribution >= 0.6 is 11.6 Å². The van der Waals surface area contributed by atoms with E-state index < -0.39 is 9.84 Å². The monoisotopic (exact) mass is 415 g/mol. The fraction of sp³-hybridized carbons (Fsp3) is 0.286. The Morgan fingerprint density at radius 3 is 2.39 bits per heavy atom. The second kappa shape index (κ2) is 8.26. The van der Waals surface area contributed by atoms with Gasteiger partial charge < -0.3 is 9.80 Å². The van der Waals surface area contributed by atoms with Gasteiger partial charge in [-0.3, -0.25) is 0 Å². The lowest BCUT2D eigenvalue weighted by Crippen LogP contribution is -2.44. The van der Waals surface area contributed by atoms with Crippen LogP contribution in [0.4, 0.5) is 5.69 Å². The van der Waals surface area contributed by atoms with E-state index in [2.05, 4.69) is 4.90 Å². The molecule has 2 aromatic rings. The van der Waals surface area contributed by atoms with Crippen molar-refractivity contribution in [2.45, 2.75) is 18.7 Å². The molecule has 1 saturated heterocycles. The van der Waals surface area contributed by atoms with E-state index in [0.29, 0.717) is 18.1 Å². The lowest BCUT2D eigenvalue weighted by molar-refractivity contribution is 0.348. The number of rotatable bonds is 4. The first kappa shape index (κ1) is 20.2. The first-order chi connectivity index (χ1) is 13.3. The molecule has 1 aliphatic rings. The SMILES string of the molecule is Cc1ccc(S(=O)(=O)C(C#N)=CN2CCN(c3cccc(Cl)c3)CC2)cc1C. The predicted molar refractivity (Wildman–Crippen MR) is 112 cm³/mol. The predicted octanol–water partition coefficient (Wildman–Crippen LogP) is 3.92. The maximum atomic E-state index is 12.9. The molecule has 7 heteroatoms. The van der Waals surface area contributed by atoms with E-state index in [1.165, 1.54) is 6.20 Å². The van der Waals surface area contributed by atoms with Gasteiger partial charge in [0.05, 0.1) is 4.90 Å². The average molecular weight is 416 g/mol. The molecule has 2 aromatic carbocycles. The molecule has 0 spiro atoms. The largest absolute Gasteiger partial charge is 0.372 e. The maximum Gasteiger partial charge on any atom is 0.218 e. The molecule has 0 N–H and O–H groups in total. The summed E-state index contributed by atoms with van der Waals surface area (Å²) < 4.78 is 25.8. The molecule has 1 aliphatic heterocycles. The fourth-order valence-electron chi connectivity index (χ4n) is 3.11. The average Bonchev–Trinajstić information content (AvgIpc) is 2.68. The van der Waals surface area contributed by atoms with Gasteiger partial charge in [0.2, 0.25) is 9.84 Å². The van der Waals surface area contributed by atoms with E-state index in [9.17, 15) is 13.7 Å².